The van der Waals surface area contributed by atoms with Gasteiger partial charge < -0.3 is 18.6 Å². The number of ketones is 1. The molecule has 0 fully saturated rings. The second-order valence-electron chi connectivity index (χ2n) is 6.00. The molecule has 20 heavy (non-hydrogen) atoms. The standard InChI is InChI=1S/C13H29NO5P/c1-6-12(15)7-8-13(16)11-19-20(5,17)18-10-9-14(2,3)4/h13,16H,6-11H2,1-5H3/q+1. The molecule has 0 spiro atoms. The highest BCUT2D eigenvalue weighted by Crippen LogP contribution is 2.43. The van der Waals surface area contributed by atoms with E-state index in [1.165, 1.54) is 6.66 Å². The fraction of sp³-hybridized carbons (Fsp3) is 0.923. The summed E-state index contributed by atoms with van der Waals surface area (Å²) in [6.07, 6.45) is 0.317. The highest BCUT2D eigenvalue weighted by atomic mass is 31.2. The summed E-state index contributed by atoms with van der Waals surface area (Å²) in [6.45, 7) is 4.16. The molecule has 0 saturated carbocycles. The molecule has 0 radical (unpaired) electrons. The second-order valence-corrected chi connectivity index (χ2v) is 8.06. The maximum absolute atomic E-state index is 12.0. The number of hydrogen-bond acceptors (Lipinski definition) is 5. The van der Waals surface area contributed by atoms with Crippen LogP contribution in [0.3, 0.4) is 0 Å². The van der Waals surface area contributed by atoms with Crippen LogP contribution in [0.5, 0.6) is 0 Å². The highest BCUT2D eigenvalue weighted by Gasteiger charge is 2.20. The zero-order valence-corrected chi connectivity index (χ0v) is 14.2. The van der Waals surface area contributed by atoms with E-state index < -0.39 is 13.7 Å². The molecule has 0 amide bonds. The molecule has 0 aliphatic rings. The predicted octanol–water partition coefficient (Wildman–Crippen LogP) is 1.67. The average Bonchev–Trinajstić information content (AvgIpc) is 2.31. The molecule has 0 aliphatic heterocycles. The lowest BCUT2D eigenvalue weighted by Gasteiger charge is -2.24. The Balaban J connectivity index is 3.91. The molecule has 0 aromatic rings. The third-order valence-corrected chi connectivity index (χ3v) is 4.01. The quantitative estimate of drug-likeness (QED) is 0.464. The second kappa shape index (κ2) is 8.90. The topological polar surface area (TPSA) is 72.8 Å². The Hall–Kier alpha value is -0.260. The van der Waals surface area contributed by atoms with Gasteiger partial charge in [0, 0.05) is 19.5 Å². The molecule has 2 unspecified atom stereocenters. The van der Waals surface area contributed by atoms with Crippen LogP contribution in [-0.4, -0.2) is 69.0 Å². The van der Waals surface area contributed by atoms with Gasteiger partial charge in [-0.15, -0.1) is 0 Å². The summed E-state index contributed by atoms with van der Waals surface area (Å²) in [6, 6.07) is 0. The number of nitrogens with zero attached hydrogens (tertiary/aromatic N) is 1. The molecule has 1 N–H and O–H groups in total. The number of likely N-dealkylation sites (N-methyl/N-ethyl adjacent to an activating group) is 1. The summed E-state index contributed by atoms with van der Waals surface area (Å²) in [7, 11) is 2.90. The fourth-order valence-corrected chi connectivity index (χ4v) is 2.26. The van der Waals surface area contributed by atoms with Gasteiger partial charge in [-0.1, -0.05) is 6.92 Å². The summed E-state index contributed by atoms with van der Waals surface area (Å²) in [5.74, 6) is 0.0999. The van der Waals surface area contributed by atoms with E-state index in [9.17, 15) is 14.5 Å². The minimum atomic E-state index is -3.14. The number of quaternary nitrogens is 1. The Morgan fingerprint density at radius 3 is 2.40 bits per heavy atom. The van der Waals surface area contributed by atoms with Crippen molar-refractivity contribution in [1.82, 2.24) is 0 Å². The molecule has 0 rings (SSSR count). The lowest BCUT2D eigenvalue weighted by atomic mass is 10.1. The molecular formula is C13H29NO5P+. The molecule has 0 bridgehead atoms. The van der Waals surface area contributed by atoms with E-state index in [-0.39, 0.29) is 12.4 Å². The maximum atomic E-state index is 12.0. The van der Waals surface area contributed by atoms with Crippen molar-refractivity contribution in [2.24, 2.45) is 0 Å². The van der Waals surface area contributed by atoms with Gasteiger partial charge >= 0.3 is 7.60 Å². The molecule has 0 saturated heterocycles. The summed E-state index contributed by atoms with van der Waals surface area (Å²) >= 11 is 0. The number of rotatable bonds is 11. The van der Waals surface area contributed by atoms with Crippen LogP contribution in [0.1, 0.15) is 26.2 Å². The van der Waals surface area contributed by atoms with Gasteiger partial charge in [0.1, 0.15) is 18.9 Å². The summed E-state index contributed by atoms with van der Waals surface area (Å²) in [4.78, 5) is 11.1. The van der Waals surface area contributed by atoms with Crippen molar-refractivity contribution in [2.75, 3.05) is 47.6 Å². The first kappa shape index (κ1) is 19.7. The molecule has 0 aromatic carbocycles. The molecule has 7 heteroatoms. The van der Waals surface area contributed by atoms with Crippen molar-refractivity contribution < 1.29 is 28.0 Å². The van der Waals surface area contributed by atoms with Crippen LogP contribution >= 0.6 is 7.60 Å². The number of Topliss-reactive ketones (excluding diaryl/α,β-unsaturated/α-hetero) is 1. The minimum absolute atomic E-state index is 0.0743. The number of carbonyl (C=O) groups is 1. The number of hydrogen-bond donors (Lipinski definition) is 1. The molecule has 2 atom stereocenters. The van der Waals surface area contributed by atoms with E-state index in [1.807, 2.05) is 21.1 Å². The summed E-state index contributed by atoms with van der Waals surface area (Å²) < 4.78 is 23.1. The van der Waals surface area contributed by atoms with E-state index in [1.54, 1.807) is 6.92 Å². The molecule has 6 nitrogen and oxygen atoms in total. The Bertz CT molecular complexity index is 340. The number of aliphatic hydroxyl groups is 1. The summed E-state index contributed by atoms with van der Waals surface area (Å²) in [5.41, 5.74) is 0. The zero-order chi connectivity index (χ0) is 15.8. The third kappa shape index (κ3) is 11.6. The van der Waals surface area contributed by atoms with Crippen LogP contribution in [0.2, 0.25) is 0 Å². The molecular weight excluding hydrogens is 281 g/mol. The number of carbonyl (C=O) groups excluding carboxylic acids is 1. The van der Waals surface area contributed by atoms with Crippen LogP contribution in [0.4, 0.5) is 0 Å². The smallest absolute Gasteiger partial charge is 0.327 e. The van der Waals surface area contributed by atoms with E-state index in [0.29, 0.717) is 30.4 Å². The van der Waals surface area contributed by atoms with E-state index in [2.05, 4.69) is 0 Å². The van der Waals surface area contributed by atoms with Crippen LogP contribution in [0.15, 0.2) is 0 Å². The van der Waals surface area contributed by atoms with Crippen LogP contribution in [0, 0.1) is 0 Å². The predicted molar refractivity (Wildman–Crippen MR) is 78.9 cm³/mol. The lowest BCUT2D eigenvalue weighted by Crippen LogP contribution is -2.37. The van der Waals surface area contributed by atoms with Gasteiger partial charge in [-0.3, -0.25) is 9.36 Å². The molecule has 0 aromatic heterocycles. The maximum Gasteiger partial charge on any atom is 0.327 e. The fourth-order valence-electron chi connectivity index (χ4n) is 1.33. The Kier molecular flexibility index (Phi) is 8.79. The van der Waals surface area contributed by atoms with Gasteiger partial charge in [0.25, 0.3) is 0 Å². The first-order valence-electron chi connectivity index (χ1n) is 6.92. The first-order chi connectivity index (χ1) is 9.06. The first-order valence-corrected chi connectivity index (χ1v) is 8.91. The lowest BCUT2D eigenvalue weighted by molar-refractivity contribution is -0.870. The van der Waals surface area contributed by atoms with Gasteiger partial charge in [-0.25, -0.2) is 0 Å². The van der Waals surface area contributed by atoms with E-state index >= 15 is 0 Å². The van der Waals surface area contributed by atoms with Crippen LogP contribution in [0.25, 0.3) is 0 Å². The third-order valence-electron chi connectivity index (χ3n) is 2.74. The Labute approximate surface area is 122 Å². The van der Waals surface area contributed by atoms with Gasteiger partial charge in [-0.2, -0.15) is 0 Å². The van der Waals surface area contributed by atoms with Crippen molar-refractivity contribution in [3.05, 3.63) is 0 Å². The minimum Gasteiger partial charge on any atom is -0.391 e. The van der Waals surface area contributed by atoms with Gasteiger partial charge in [0.2, 0.25) is 0 Å². The average molecular weight is 310 g/mol. The van der Waals surface area contributed by atoms with Crippen LogP contribution in [-0.2, 0) is 18.4 Å². The Morgan fingerprint density at radius 1 is 1.30 bits per heavy atom. The monoisotopic (exact) mass is 310 g/mol. The van der Waals surface area contributed by atoms with Crippen molar-refractivity contribution in [3.8, 4) is 0 Å². The molecule has 0 heterocycles. The van der Waals surface area contributed by atoms with E-state index in [4.69, 9.17) is 9.05 Å². The molecule has 0 aliphatic carbocycles. The highest BCUT2D eigenvalue weighted by molar-refractivity contribution is 7.52. The number of aliphatic hydroxyl groups excluding tert-OH is 1. The van der Waals surface area contributed by atoms with E-state index in [0.717, 1.165) is 6.54 Å². The largest absolute Gasteiger partial charge is 0.391 e. The van der Waals surface area contributed by atoms with Crippen molar-refractivity contribution in [3.63, 3.8) is 0 Å². The van der Waals surface area contributed by atoms with Crippen molar-refractivity contribution >= 4 is 13.4 Å². The van der Waals surface area contributed by atoms with Gasteiger partial charge in [0.05, 0.1) is 33.9 Å². The van der Waals surface area contributed by atoms with Crippen molar-refractivity contribution in [1.29, 1.82) is 0 Å². The summed E-state index contributed by atoms with van der Waals surface area (Å²) in [5, 5.41) is 9.65. The SMILES string of the molecule is CCC(=O)CCC(O)COP(C)(=O)OCC[N+](C)(C)C. The van der Waals surface area contributed by atoms with Crippen LogP contribution < -0.4 is 0 Å². The van der Waals surface area contributed by atoms with Crippen molar-refractivity contribution in [2.45, 2.75) is 32.3 Å². The van der Waals surface area contributed by atoms with Gasteiger partial charge in [-0.05, 0) is 6.42 Å². The van der Waals surface area contributed by atoms with Gasteiger partial charge in [0.15, 0.2) is 0 Å². The normalized spacial score (nSPS) is 16.7. The zero-order valence-electron chi connectivity index (χ0n) is 13.3. The molecule has 120 valence electrons. The Morgan fingerprint density at radius 2 is 1.90 bits per heavy atom.